The molecule has 0 heterocycles. The Kier molecular flexibility index (Phi) is 5.09. The van der Waals surface area contributed by atoms with Crippen LogP contribution in [0.4, 0.5) is 0 Å². The van der Waals surface area contributed by atoms with Gasteiger partial charge in [-0.2, -0.15) is 0 Å². The highest BCUT2D eigenvalue weighted by molar-refractivity contribution is 5.93. The summed E-state index contributed by atoms with van der Waals surface area (Å²) in [6.45, 7) is 0. The van der Waals surface area contributed by atoms with Crippen LogP contribution in [-0.4, -0.2) is 22.2 Å². The summed E-state index contributed by atoms with van der Waals surface area (Å²) in [5.74, 6) is -4.05. The van der Waals surface area contributed by atoms with E-state index in [9.17, 15) is 9.59 Å². The van der Waals surface area contributed by atoms with E-state index >= 15 is 0 Å². The minimum atomic E-state index is -1.41. The van der Waals surface area contributed by atoms with Crippen LogP contribution in [0.25, 0.3) is 12.2 Å². The highest BCUT2D eigenvalue weighted by atomic mass is 16.4. The van der Waals surface area contributed by atoms with Gasteiger partial charge in [0.2, 0.25) is 0 Å². The van der Waals surface area contributed by atoms with Crippen molar-refractivity contribution in [3.8, 4) is 0 Å². The summed E-state index contributed by atoms with van der Waals surface area (Å²) in [7, 11) is 0. The van der Waals surface area contributed by atoms with Crippen molar-refractivity contribution in [2.24, 2.45) is 5.92 Å². The summed E-state index contributed by atoms with van der Waals surface area (Å²) in [6, 6.07) is 17.1. The minimum absolute atomic E-state index is 0.0205. The third-order valence-electron chi connectivity index (χ3n) is 3.28. The quantitative estimate of drug-likeness (QED) is 0.634. The van der Waals surface area contributed by atoms with E-state index in [4.69, 9.17) is 10.2 Å². The van der Waals surface area contributed by atoms with Gasteiger partial charge in [-0.15, -0.1) is 0 Å². The van der Waals surface area contributed by atoms with Crippen molar-refractivity contribution < 1.29 is 19.8 Å². The lowest BCUT2D eigenvalue weighted by Crippen LogP contribution is -2.25. The number of carboxylic acid groups (broad SMARTS) is 2. The molecule has 2 aromatic rings. The number of aliphatic carboxylic acids is 2. The molecule has 22 heavy (non-hydrogen) atoms. The predicted octanol–water partition coefficient (Wildman–Crippen LogP) is 3.18. The van der Waals surface area contributed by atoms with Gasteiger partial charge >= 0.3 is 11.9 Å². The zero-order chi connectivity index (χ0) is 15.9. The molecular formula is C18H16O4. The standard InChI is InChI=1S/C18H16O4/c19-17(20)16(18(21)22)12-15-10-8-14(9-11-15)7-6-13-4-2-1-3-5-13/h1-11,16H,12H2,(H,19,20)(H,21,22)/b7-6+. The van der Waals surface area contributed by atoms with Crippen LogP contribution in [-0.2, 0) is 16.0 Å². The van der Waals surface area contributed by atoms with Crippen molar-refractivity contribution in [2.45, 2.75) is 6.42 Å². The van der Waals surface area contributed by atoms with Crippen LogP contribution in [0.15, 0.2) is 54.6 Å². The Labute approximate surface area is 128 Å². The third kappa shape index (κ3) is 4.31. The Bertz CT molecular complexity index is 658. The molecule has 0 amide bonds. The van der Waals surface area contributed by atoms with Crippen LogP contribution in [0, 0.1) is 5.92 Å². The van der Waals surface area contributed by atoms with E-state index in [1.807, 2.05) is 54.6 Å². The van der Waals surface area contributed by atoms with Gasteiger partial charge in [-0.3, -0.25) is 9.59 Å². The third-order valence-corrected chi connectivity index (χ3v) is 3.28. The average Bonchev–Trinajstić information content (AvgIpc) is 2.52. The molecule has 0 saturated carbocycles. The fourth-order valence-corrected chi connectivity index (χ4v) is 2.04. The van der Waals surface area contributed by atoms with Crippen LogP contribution >= 0.6 is 0 Å². The fourth-order valence-electron chi connectivity index (χ4n) is 2.04. The highest BCUT2D eigenvalue weighted by Gasteiger charge is 2.25. The summed E-state index contributed by atoms with van der Waals surface area (Å²) < 4.78 is 0. The molecule has 2 aromatic carbocycles. The maximum Gasteiger partial charge on any atom is 0.318 e. The van der Waals surface area contributed by atoms with Crippen LogP contribution in [0.5, 0.6) is 0 Å². The van der Waals surface area contributed by atoms with Crippen molar-refractivity contribution in [1.29, 1.82) is 0 Å². The summed E-state index contributed by atoms with van der Waals surface area (Å²) in [5.41, 5.74) is 2.74. The van der Waals surface area contributed by atoms with E-state index in [2.05, 4.69) is 0 Å². The van der Waals surface area contributed by atoms with Crippen molar-refractivity contribution >= 4 is 24.1 Å². The smallest absolute Gasteiger partial charge is 0.318 e. The molecule has 2 N–H and O–H groups in total. The molecular weight excluding hydrogens is 280 g/mol. The molecule has 0 bridgehead atoms. The van der Waals surface area contributed by atoms with E-state index in [1.54, 1.807) is 12.1 Å². The lowest BCUT2D eigenvalue weighted by molar-refractivity contribution is -0.154. The molecule has 0 unspecified atom stereocenters. The Hall–Kier alpha value is -2.88. The molecule has 0 saturated heterocycles. The van der Waals surface area contributed by atoms with Gasteiger partial charge in [0.15, 0.2) is 5.92 Å². The van der Waals surface area contributed by atoms with E-state index in [0.29, 0.717) is 5.56 Å². The molecule has 0 aliphatic heterocycles. The zero-order valence-electron chi connectivity index (χ0n) is 11.8. The molecule has 0 fully saturated rings. The molecule has 0 spiro atoms. The maximum atomic E-state index is 10.9. The van der Waals surface area contributed by atoms with E-state index < -0.39 is 17.9 Å². The van der Waals surface area contributed by atoms with Gasteiger partial charge in [-0.05, 0) is 23.1 Å². The number of rotatable bonds is 6. The second-order valence-electron chi connectivity index (χ2n) is 4.92. The Balaban J connectivity index is 2.06. The number of carboxylic acids is 2. The molecule has 4 heteroatoms. The molecule has 2 rings (SSSR count). The SMILES string of the molecule is O=C(O)C(Cc1ccc(/C=C/c2ccccc2)cc1)C(=O)O. The van der Waals surface area contributed by atoms with Gasteiger partial charge in [-0.1, -0.05) is 66.7 Å². The molecule has 0 aromatic heterocycles. The maximum absolute atomic E-state index is 10.9. The molecule has 0 aliphatic carbocycles. The second kappa shape index (κ2) is 7.22. The van der Waals surface area contributed by atoms with Crippen molar-refractivity contribution in [3.05, 3.63) is 71.3 Å². The summed E-state index contributed by atoms with van der Waals surface area (Å²) in [6.07, 6.45) is 3.91. The highest BCUT2D eigenvalue weighted by Crippen LogP contribution is 2.13. The minimum Gasteiger partial charge on any atom is -0.481 e. The lowest BCUT2D eigenvalue weighted by atomic mass is 9.98. The molecule has 0 aliphatic rings. The largest absolute Gasteiger partial charge is 0.481 e. The topological polar surface area (TPSA) is 74.6 Å². The first kappa shape index (κ1) is 15.5. The molecule has 0 atom stereocenters. The number of hydrogen-bond donors (Lipinski definition) is 2. The van der Waals surface area contributed by atoms with Gasteiger partial charge in [0.05, 0.1) is 0 Å². The van der Waals surface area contributed by atoms with Gasteiger partial charge in [0.25, 0.3) is 0 Å². The van der Waals surface area contributed by atoms with E-state index in [0.717, 1.165) is 11.1 Å². The van der Waals surface area contributed by atoms with Gasteiger partial charge < -0.3 is 10.2 Å². The molecule has 112 valence electrons. The number of benzene rings is 2. The Morgan fingerprint density at radius 2 is 1.32 bits per heavy atom. The second-order valence-corrected chi connectivity index (χ2v) is 4.92. The predicted molar refractivity (Wildman–Crippen MR) is 84.3 cm³/mol. The number of carbonyl (C=O) groups is 2. The van der Waals surface area contributed by atoms with Gasteiger partial charge in [0, 0.05) is 0 Å². The van der Waals surface area contributed by atoms with Crippen molar-refractivity contribution in [3.63, 3.8) is 0 Å². The summed E-state index contributed by atoms with van der Waals surface area (Å²) in [4.78, 5) is 21.8. The van der Waals surface area contributed by atoms with Gasteiger partial charge in [0.1, 0.15) is 0 Å². The molecule has 4 nitrogen and oxygen atoms in total. The van der Waals surface area contributed by atoms with Crippen LogP contribution < -0.4 is 0 Å². The van der Waals surface area contributed by atoms with Crippen molar-refractivity contribution in [1.82, 2.24) is 0 Å². The fraction of sp³-hybridized carbons (Fsp3) is 0.111. The monoisotopic (exact) mass is 296 g/mol. The van der Waals surface area contributed by atoms with Crippen molar-refractivity contribution in [2.75, 3.05) is 0 Å². The molecule has 0 radical (unpaired) electrons. The number of hydrogen-bond acceptors (Lipinski definition) is 2. The summed E-state index contributed by atoms with van der Waals surface area (Å²) >= 11 is 0. The lowest BCUT2D eigenvalue weighted by Gasteiger charge is -2.07. The average molecular weight is 296 g/mol. The van der Waals surface area contributed by atoms with Gasteiger partial charge in [-0.25, -0.2) is 0 Å². The van der Waals surface area contributed by atoms with Crippen LogP contribution in [0.1, 0.15) is 16.7 Å². The first-order chi connectivity index (χ1) is 10.6. The van der Waals surface area contributed by atoms with E-state index in [-0.39, 0.29) is 6.42 Å². The first-order valence-corrected chi connectivity index (χ1v) is 6.84. The zero-order valence-corrected chi connectivity index (χ0v) is 11.8. The summed E-state index contributed by atoms with van der Waals surface area (Å²) in [5, 5.41) is 17.8. The van der Waals surface area contributed by atoms with E-state index in [1.165, 1.54) is 0 Å². The Morgan fingerprint density at radius 1 is 0.818 bits per heavy atom. The van der Waals surface area contributed by atoms with Crippen LogP contribution in [0.2, 0.25) is 0 Å². The van der Waals surface area contributed by atoms with Crippen LogP contribution in [0.3, 0.4) is 0 Å². The first-order valence-electron chi connectivity index (χ1n) is 6.84. The Morgan fingerprint density at radius 3 is 1.82 bits per heavy atom. The normalized spacial score (nSPS) is 11.0.